The van der Waals surface area contributed by atoms with Crippen LogP contribution in [0.4, 0.5) is 15.0 Å². The van der Waals surface area contributed by atoms with Gasteiger partial charge in [-0.05, 0) is 94.6 Å². The van der Waals surface area contributed by atoms with Crippen LogP contribution >= 0.6 is 11.6 Å². The highest BCUT2D eigenvalue weighted by molar-refractivity contribution is 6.35. The monoisotopic (exact) mass is 691 g/mol. The fourth-order valence-corrected chi connectivity index (χ4v) is 7.76. The van der Waals surface area contributed by atoms with Gasteiger partial charge < -0.3 is 28.7 Å². The maximum atomic E-state index is 17.2. The fraction of sp³-hybridized carbons (Fsp3) is 0.486. The van der Waals surface area contributed by atoms with Gasteiger partial charge in [0.25, 0.3) is 0 Å². The first kappa shape index (κ1) is 33.6. The Bertz CT molecular complexity index is 1870. The van der Waals surface area contributed by atoms with Gasteiger partial charge in [0, 0.05) is 37.2 Å². The molecule has 1 aromatic heterocycles. The number of benzene rings is 3. The number of nitrogens with zero attached hydrogens (tertiary/aromatic N) is 5. The zero-order valence-corrected chi connectivity index (χ0v) is 29.4. The van der Waals surface area contributed by atoms with Crippen LogP contribution in [0.1, 0.15) is 46.5 Å². The number of hydrogen-bond donors (Lipinski definition) is 0. The lowest BCUT2D eigenvalue weighted by Crippen LogP contribution is -2.57. The molecule has 260 valence electrons. The summed E-state index contributed by atoms with van der Waals surface area (Å²) in [5.41, 5.74) is 0.318. The molecule has 0 saturated carbocycles. The summed E-state index contributed by atoms with van der Waals surface area (Å²) in [5, 5.41) is 2.39. The van der Waals surface area contributed by atoms with Gasteiger partial charge in [-0.3, -0.25) is 4.90 Å². The van der Waals surface area contributed by atoms with E-state index < -0.39 is 11.4 Å². The van der Waals surface area contributed by atoms with Crippen LogP contribution in [0.2, 0.25) is 5.02 Å². The van der Waals surface area contributed by atoms with Gasteiger partial charge in [0.2, 0.25) is 0 Å². The summed E-state index contributed by atoms with van der Waals surface area (Å²) in [5.74, 6) is 0.492. The van der Waals surface area contributed by atoms with Crippen molar-refractivity contribution < 1.29 is 28.1 Å². The molecule has 0 N–H and O–H groups in total. The zero-order valence-electron chi connectivity index (χ0n) is 28.7. The Labute approximate surface area is 291 Å². The number of carbonyl (C=O) groups excluding carboxylic acids is 1. The van der Waals surface area contributed by atoms with Crippen molar-refractivity contribution in [2.45, 2.75) is 70.2 Å². The van der Waals surface area contributed by atoms with Crippen LogP contribution < -0.4 is 14.4 Å². The lowest BCUT2D eigenvalue weighted by molar-refractivity contribution is 0.0122. The molecule has 2 bridgehead atoms. The van der Waals surface area contributed by atoms with Crippen LogP contribution in [0.3, 0.4) is 0 Å². The van der Waals surface area contributed by atoms with Crippen LogP contribution in [0.25, 0.3) is 32.8 Å². The highest BCUT2D eigenvalue weighted by atomic mass is 35.5. The predicted octanol–water partition coefficient (Wildman–Crippen LogP) is 7.29. The third-order valence-corrected chi connectivity index (χ3v) is 10.1. The number of piperazine rings is 1. The Balaban J connectivity index is 1.32. The van der Waals surface area contributed by atoms with E-state index in [1.807, 2.05) is 56.0 Å². The molecule has 10 nitrogen and oxygen atoms in total. The van der Waals surface area contributed by atoms with E-state index >= 15 is 4.39 Å². The third kappa shape index (κ3) is 6.68. The molecule has 3 aliphatic rings. The predicted molar refractivity (Wildman–Crippen MR) is 188 cm³/mol. The minimum atomic E-state index is -0.594. The Morgan fingerprint density at radius 2 is 1.78 bits per heavy atom. The Kier molecular flexibility index (Phi) is 9.19. The van der Waals surface area contributed by atoms with E-state index in [2.05, 4.69) is 21.8 Å². The molecule has 3 atom stereocenters. The molecule has 0 spiro atoms. The van der Waals surface area contributed by atoms with Crippen LogP contribution in [0.5, 0.6) is 11.8 Å². The van der Waals surface area contributed by atoms with Crippen molar-refractivity contribution in [3.8, 4) is 22.9 Å². The number of rotatable bonds is 8. The average molecular weight is 692 g/mol. The minimum absolute atomic E-state index is 0.0440. The van der Waals surface area contributed by atoms with Crippen molar-refractivity contribution in [3.05, 3.63) is 53.3 Å². The van der Waals surface area contributed by atoms with E-state index in [9.17, 15) is 4.79 Å². The first-order valence-corrected chi connectivity index (χ1v) is 17.3. The number of amides is 1. The fourth-order valence-electron chi connectivity index (χ4n) is 7.46. The number of likely N-dealkylation sites (tertiary alicyclic amines) is 1. The lowest BCUT2D eigenvalue weighted by atomic mass is 9.96. The molecule has 2 unspecified atom stereocenters. The second-order valence-electron chi connectivity index (χ2n) is 14.3. The van der Waals surface area contributed by atoms with Gasteiger partial charge in [-0.25, -0.2) is 9.18 Å². The summed E-state index contributed by atoms with van der Waals surface area (Å²) in [6.07, 6.45) is 3.48. The molecule has 3 aromatic carbocycles. The molecule has 3 fully saturated rings. The summed E-state index contributed by atoms with van der Waals surface area (Å²) in [6.45, 7) is 8.08. The topological polar surface area (TPSA) is 89.5 Å². The van der Waals surface area contributed by atoms with Crippen LogP contribution in [-0.2, 0) is 9.47 Å². The number of aromatic nitrogens is 2. The van der Waals surface area contributed by atoms with Gasteiger partial charge in [-0.2, -0.15) is 9.97 Å². The normalized spacial score (nSPS) is 21.2. The van der Waals surface area contributed by atoms with Crippen LogP contribution in [0, 0.1) is 5.82 Å². The molecule has 7 rings (SSSR count). The third-order valence-electron chi connectivity index (χ3n) is 9.75. The van der Waals surface area contributed by atoms with E-state index in [4.69, 9.17) is 35.5 Å². The van der Waals surface area contributed by atoms with Gasteiger partial charge in [-0.1, -0.05) is 35.9 Å². The summed E-state index contributed by atoms with van der Waals surface area (Å²) < 4.78 is 40.1. The number of likely N-dealkylation sites (N-methyl/N-ethyl adjacent to an activating group) is 1. The number of fused-ring (bicyclic) bond motifs is 4. The second kappa shape index (κ2) is 13.4. The summed E-state index contributed by atoms with van der Waals surface area (Å²) in [4.78, 5) is 29.0. The van der Waals surface area contributed by atoms with E-state index in [0.717, 1.165) is 43.0 Å². The van der Waals surface area contributed by atoms with E-state index in [1.165, 1.54) is 0 Å². The number of ether oxygens (including phenoxy) is 4. The standard InChI is InChI=1S/C37H43ClFN5O5/c1-37(2,3)49-36(45)44-23-12-13-24(44)19-43(18-23)34-29-17-30(38)31(28-16-26(48-21-46-5)15-22-9-6-7-11-27(22)28)32(39)33(29)40-35(41-34)47-20-25-10-8-14-42(25)4/h6-7,9,11,15-17,23-25H,8,10,12-14,18-21H2,1-5H3/t23?,24?,25-/m0/s1. The quantitative estimate of drug-likeness (QED) is 0.177. The molecule has 4 heterocycles. The first-order valence-electron chi connectivity index (χ1n) is 16.9. The SMILES string of the molecule is COCOc1cc(-c2c(Cl)cc3c(N4CC5CCC(C4)N5C(=O)OC(C)(C)C)nc(OC[C@@H]4CCCN4C)nc3c2F)c2ccccc2c1. The summed E-state index contributed by atoms with van der Waals surface area (Å²) in [7, 11) is 3.63. The van der Waals surface area contributed by atoms with E-state index in [-0.39, 0.29) is 53.1 Å². The number of anilines is 1. The van der Waals surface area contributed by atoms with Crippen molar-refractivity contribution in [2.24, 2.45) is 0 Å². The van der Waals surface area contributed by atoms with Crippen molar-refractivity contribution in [3.63, 3.8) is 0 Å². The lowest BCUT2D eigenvalue weighted by Gasteiger charge is -2.42. The maximum Gasteiger partial charge on any atom is 0.410 e. The molecular formula is C37H43ClFN5O5. The highest BCUT2D eigenvalue weighted by Gasteiger charge is 2.45. The number of methoxy groups -OCH3 is 1. The number of hydrogen-bond acceptors (Lipinski definition) is 9. The molecule has 1 amide bonds. The summed E-state index contributed by atoms with van der Waals surface area (Å²) in [6, 6.07) is 13.3. The van der Waals surface area contributed by atoms with Crippen molar-refractivity contribution in [2.75, 3.05) is 52.1 Å². The minimum Gasteiger partial charge on any atom is -0.468 e. The molecule has 49 heavy (non-hydrogen) atoms. The maximum absolute atomic E-state index is 17.2. The molecule has 4 aromatic rings. The largest absolute Gasteiger partial charge is 0.468 e. The molecule has 3 saturated heterocycles. The van der Waals surface area contributed by atoms with Crippen LogP contribution in [0.15, 0.2) is 42.5 Å². The summed E-state index contributed by atoms with van der Waals surface area (Å²) >= 11 is 7.02. The Morgan fingerprint density at radius 1 is 1.02 bits per heavy atom. The van der Waals surface area contributed by atoms with Crippen molar-refractivity contribution in [1.82, 2.24) is 19.8 Å². The number of carbonyl (C=O) groups is 1. The van der Waals surface area contributed by atoms with E-state index in [1.54, 1.807) is 19.2 Å². The zero-order chi connectivity index (χ0) is 34.4. The van der Waals surface area contributed by atoms with Gasteiger partial charge in [0.1, 0.15) is 29.3 Å². The van der Waals surface area contributed by atoms with Gasteiger partial charge in [-0.15, -0.1) is 0 Å². The second-order valence-corrected chi connectivity index (χ2v) is 14.7. The van der Waals surface area contributed by atoms with Gasteiger partial charge in [0.05, 0.1) is 17.1 Å². The Morgan fingerprint density at radius 3 is 2.47 bits per heavy atom. The molecule has 3 aliphatic heterocycles. The highest BCUT2D eigenvalue weighted by Crippen LogP contribution is 2.44. The first-order chi connectivity index (χ1) is 23.5. The van der Waals surface area contributed by atoms with E-state index in [0.29, 0.717) is 42.2 Å². The van der Waals surface area contributed by atoms with Gasteiger partial charge in [0.15, 0.2) is 12.6 Å². The smallest absolute Gasteiger partial charge is 0.410 e. The van der Waals surface area contributed by atoms with Crippen LogP contribution in [-0.4, -0.2) is 96.8 Å². The Hall–Kier alpha value is -3.93. The average Bonchev–Trinajstić information content (AvgIpc) is 3.60. The molecular weight excluding hydrogens is 649 g/mol. The van der Waals surface area contributed by atoms with Crippen molar-refractivity contribution in [1.29, 1.82) is 0 Å². The van der Waals surface area contributed by atoms with Gasteiger partial charge >= 0.3 is 12.1 Å². The molecule has 0 radical (unpaired) electrons. The molecule has 12 heteroatoms. The molecule has 0 aliphatic carbocycles. The number of halogens is 2. The van der Waals surface area contributed by atoms with Crippen molar-refractivity contribution >= 4 is 45.2 Å².